The molecule has 1 aromatic heterocycles. The lowest BCUT2D eigenvalue weighted by atomic mass is 9.99. The minimum Gasteiger partial charge on any atom is -0.357 e. The highest BCUT2D eigenvalue weighted by atomic mass is 35.5. The highest BCUT2D eigenvalue weighted by molar-refractivity contribution is 6.20. The van der Waals surface area contributed by atoms with Crippen molar-refractivity contribution in [3.63, 3.8) is 0 Å². The smallest absolute Gasteiger partial charge is 0.236 e. The Labute approximate surface area is 165 Å². The molecule has 3 aliphatic rings. The number of aromatic amines is 1. The second kappa shape index (κ2) is 7.12. The number of nitrogens with one attached hydrogen (secondary N) is 1. The largest absolute Gasteiger partial charge is 0.357 e. The third-order valence-electron chi connectivity index (χ3n) is 6.54. The normalized spacial score (nSPS) is 26.8. The maximum atomic E-state index is 12.9. The zero-order valence-corrected chi connectivity index (χ0v) is 16.4. The number of piperazine rings is 1. The fraction of sp³-hybridized carbons (Fsp3) is 0.571. The molecule has 5 nitrogen and oxygen atoms in total. The summed E-state index contributed by atoms with van der Waals surface area (Å²) >= 11 is 6.47. The summed E-state index contributed by atoms with van der Waals surface area (Å²) in [6.45, 7) is 4.87. The van der Waals surface area contributed by atoms with Crippen molar-refractivity contribution in [2.75, 3.05) is 32.7 Å². The van der Waals surface area contributed by atoms with E-state index in [1.54, 1.807) is 0 Å². The van der Waals surface area contributed by atoms with Crippen LogP contribution in [0.3, 0.4) is 0 Å². The zero-order chi connectivity index (χ0) is 18.4. The van der Waals surface area contributed by atoms with Crippen LogP contribution in [0.1, 0.15) is 30.5 Å². The van der Waals surface area contributed by atoms with Crippen molar-refractivity contribution in [2.24, 2.45) is 0 Å². The van der Waals surface area contributed by atoms with Gasteiger partial charge in [-0.15, -0.1) is 11.6 Å². The van der Waals surface area contributed by atoms with E-state index < -0.39 is 0 Å². The summed E-state index contributed by atoms with van der Waals surface area (Å²) < 4.78 is 0. The first-order valence-corrected chi connectivity index (χ1v) is 10.6. The molecule has 2 saturated heterocycles. The van der Waals surface area contributed by atoms with Crippen molar-refractivity contribution in [3.05, 3.63) is 35.5 Å². The Morgan fingerprint density at radius 3 is 3.00 bits per heavy atom. The standard InChI is InChI=1S/C21H27ClN4O/c22-20-7-3-4-15-12-25(10-11-26(15)20)21(27)14-24-9-8-17-16-5-1-2-6-18(16)23-19(17)13-24/h1-2,5-6,15,20,23H,3-4,7-14H2. The van der Waals surface area contributed by atoms with Crippen LogP contribution in [0.2, 0.25) is 0 Å². The molecule has 4 heterocycles. The lowest BCUT2D eigenvalue weighted by Crippen LogP contribution is -2.59. The van der Waals surface area contributed by atoms with Crippen molar-refractivity contribution in [3.8, 4) is 0 Å². The number of benzene rings is 1. The molecule has 5 rings (SSSR count). The van der Waals surface area contributed by atoms with E-state index >= 15 is 0 Å². The molecule has 6 heteroatoms. The van der Waals surface area contributed by atoms with Crippen LogP contribution in [0.5, 0.6) is 0 Å². The molecule has 2 aromatic rings. The van der Waals surface area contributed by atoms with E-state index in [1.807, 2.05) is 0 Å². The van der Waals surface area contributed by atoms with Gasteiger partial charge >= 0.3 is 0 Å². The summed E-state index contributed by atoms with van der Waals surface area (Å²) in [6.07, 6.45) is 4.42. The quantitative estimate of drug-likeness (QED) is 0.637. The predicted molar refractivity (Wildman–Crippen MR) is 108 cm³/mol. The Bertz CT molecular complexity index is 850. The monoisotopic (exact) mass is 386 g/mol. The van der Waals surface area contributed by atoms with Crippen LogP contribution in [-0.4, -0.2) is 69.9 Å². The van der Waals surface area contributed by atoms with Crippen LogP contribution in [-0.2, 0) is 17.8 Å². The van der Waals surface area contributed by atoms with Gasteiger partial charge in [0.25, 0.3) is 0 Å². The minimum atomic E-state index is 0.156. The molecule has 3 aliphatic heterocycles. The maximum Gasteiger partial charge on any atom is 0.236 e. The first kappa shape index (κ1) is 17.5. The molecule has 27 heavy (non-hydrogen) atoms. The Kier molecular flexibility index (Phi) is 4.62. The van der Waals surface area contributed by atoms with Crippen molar-refractivity contribution in [1.82, 2.24) is 19.7 Å². The van der Waals surface area contributed by atoms with E-state index in [0.29, 0.717) is 12.6 Å². The first-order valence-electron chi connectivity index (χ1n) is 10.2. The summed E-state index contributed by atoms with van der Waals surface area (Å²) in [5, 5.41) is 1.34. The number of fused-ring (bicyclic) bond motifs is 4. The van der Waals surface area contributed by atoms with E-state index in [9.17, 15) is 4.79 Å². The number of amides is 1. The van der Waals surface area contributed by atoms with Gasteiger partial charge in [-0.2, -0.15) is 0 Å². The van der Waals surface area contributed by atoms with E-state index in [4.69, 9.17) is 11.6 Å². The topological polar surface area (TPSA) is 42.6 Å². The van der Waals surface area contributed by atoms with Crippen molar-refractivity contribution >= 4 is 28.4 Å². The Morgan fingerprint density at radius 1 is 1.19 bits per heavy atom. The van der Waals surface area contributed by atoms with Gasteiger partial charge in [0.1, 0.15) is 0 Å². The molecule has 2 atom stereocenters. The lowest BCUT2D eigenvalue weighted by Gasteiger charge is -2.46. The SMILES string of the molecule is O=C(CN1CCc2c([nH]c3ccccc23)C1)N1CCN2C(Cl)CCCC2C1. The number of rotatable bonds is 2. The number of halogens is 1. The number of nitrogens with zero attached hydrogens (tertiary/aromatic N) is 3. The number of hydrogen-bond acceptors (Lipinski definition) is 3. The summed E-state index contributed by atoms with van der Waals surface area (Å²) in [5.74, 6) is 0.269. The molecule has 0 bridgehead atoms. The molecule has 1 N–H and O–H groups in total. The predicted octanol–water partition coefficient (Wildman–Crippen LogP) is 2.79. The second-order valence-corrected chi connectivity index (χ2v) is 8.69. The van der Waals surface area contributed by atoms with E-state index in [2.05, 4.69) is 43.9 Å². The molecule has 2 unspecified atom stereocenters. The van der Waals surface area contributed by atoms with Gasteiger partial charge in [0.15, 0.2) is 0 Å². The zero-order valence-electron chi connectivity index (χ0n) is 15.7. The average Bonchev–Trinajstić information content (AvgIpc) is 3.05. The number of H-pyrrole nitrogens is 1. The van der Waals surface area contributed by atoms with Crippen LogP contribution in [0.25, 0.3) is 10.9 Å². The molecule has 1 amide bonds. The van der Waals surface area contributed by atoms with Crippen LogP contribution in [0.15, 0.2) is 24.3 Å². The maximum absolute atomic E-state index is 12.9. The third kappa shape index (κ3) is 3.26. The van der Waals surface area contributed by atoms with Crippen LogP contribution in [0.4, 0.5) is 0 Å². The summed E-state index contributed by atoms with van der Waals surface area (Å²) in [7, 11) is 0. The van der Waals surface area contributed by atoms with Gasteiger partial charge in [-0.25, -0.2) is 0 Å². The molecule has 0 spiro atoms. The number of hydrogen-bond donors (Lipinski definition) is 1. The highest BCUT2D eigenvalue weighted by Gasteiger charge is 2.35. The fourth-order valence-corrected chi connectivity index (χ4v) is 5.50. The Balaban J connectivity index is 1.23. The molecular formula is C21H27ClN4O. The average molecular weight is 387 g/mol. The number of carbonyl (C=O) groups is 1. The highest BCUT2D eigenvalue weighted by Crippen LogP contribution is 2.29. The molecule has 144 valence electrons. The molecule has 1 aromatic carbocycles. The first-order chi connectivity index (χ1) is 13.2. The number of piperidine rings is 1. The number of alkyl halides is 1. The van der Waals surface area contributed by atoms with E-state index in [0.717, 1.165) is 52.0 Å². The Hall–Kier alpha value is -1.56. The lowest BCUT2D eigenvalue weighted by molar-refractivity contribution is -0.136. The Morgan fingerprint density at radius 2 is 2.07 bits per heavy atom. The minimum absolute atomic E-state index is 0.156. The van der Waals surface area contributed by atoms with Crippen molar-refractivity contribution < 1.29 is 4.79 Å². The fourth-order valence-electron chi connectivity index (χ4n) is 5.08. The molecule has 0 saturated carbocycles. The van der Waals surface area contributed by atoms with Crippen LogP contribution < -0.4 is 0 Å². The number of aromatic nitrogens is 1. The van der Waals surface area contributed by atoms with E-state index in [-0.39, 0.29) is 11.4 Å². The van der Waals surface area contributed by atoms with Crippen LogP contribution in [0, 0.1) is 0 Å². The summed E-state index contributed by atoms with van der Waals surface area (Å²) in [4.78, 5) is 23.2. The molecule has 0 aliphatic carbocycles. The van der Waals surface area contributed by atoms with E-state index in [1.165, 1.54) is 28.6 Å². The van der Waals surface area contributed by atoms with Gasteiger partial charge in [-0.1, -0.05) is 18.2 Å². The van der Waals surface area contributed by atoms with Gasteiger partial charge in [-0.3, -0.25) is 14.6 Å². The molecule has 2 fully saturated rings. The second-order valence-electron chi connectivity index (χ2n) is 8.19. The third-order valence-corrected chi connectivity index (χ3v) is 7.01. The van der Waals surface area contributed by atoms with Crippen molar-refractivity contribution in [2.45, 2.75) is 43.8 Å². The number of para-hydroxylation sites is 1. The van der Waals surface area contributed by atoms with Crippen molar-refractivity contribution in [1.29, 1.82) is 0 Å². The van der Waals surface area contributed by atoms with Gasteiger partial charge in [0.05, 0.1) is 12.0 Å². The molecule has 0 radical (unpaired) electrons. The van der Waals surface area contributed by atoms with Gasteiger partial charge < -0.3 is 9.88 Å². The van der Waals surface area contributed by atoms with Gasteiger partial charge in [-0.05, 0) is 37.3 Å². The summed E-state index contributed by atoms with van der Waals surface area (Å²) in [5.41, 5.74) is 4.07. The van der Waals surface area contributed by atoms with Crippen LogP contribution >= 0.6 is 11.6 Å². The van der Waals surface area contributed by atoms with Gasteiger partial charge in [0, 0.05) is 55.4 Å². The van der Waals surface area contributed by atoms with Gasteiger partial charge in [0.2, 0.25) is 5.91 Å². The number of carbonyl (C=O) groups excluding carboxylic acids is 1. The summed E-state index contributed by atoms with van der Waals surface area (Å²) in [6, 6.07) is 8.95. The molecular weight excluding hydrogens is 360 g/mol.